The number of thiazole rings is 1. The Kier molecular flexibility index (Phi) is 6.33. The fourth-order valence-electron chi connectivity index (χ4n) is 1.92. The van der Waals surface area contributed by atoms with Gasteiger partial charge >= 0.3 is 0 Å². The molecular weight excluding hydrogens is 374 g/mol. The van der Waals surface area contributed by atoms with Gasteiger partial charge in [0.25, 0.3) is 5.91 Å². The molecule has 0 atom stereocenters. The summed E-state index contributed by atoms with van der Waals surface area (Å²) in [5, 5.41) is 9.45. The van der Waals surface area contributed by atoms with Gasteiger partial charge in [0.15, 0.2) is 0 Å². The van der Waals surface area contributed by atoms with E-state index < -0.39 is 0 Å². The second kappa shape index (κ2) is 8.04. The van der Waals surface area contributed by atoms with Crippen molar-refractivity contribution in [3.8, 4) is 0 Å². The van der Waals surface area contributed by atoms with Crippen LogP contribution in [0.15, 0.2) is 34.1 Å². The van der Waals surface area contributed by atoms with Gasteiger partial charge in [-0.05, 0) is 24.3 Å². The zero-order chi connectivity index (χ0) is 16.9. The van der Waals surface area contributed by atoms with Gasteiger partial charge in [-0.2, -0.15) is 0 Å². The highest BCUT2D eigenvalue weighted by Crippen LogP contribution is 2.25. The molecule has 0 fully saturated rings. The van der Waals surface area contributed by atoms with Crippen molar-refractivity contribution in [3.63, 3.8) is 0 Å². The van der Waals surface area contributed by atoms with Crippen LogP contribution in [0.5, 0.6) is 0 Å². The van der Waals surface area contributed by atoms with Gasteiger partial charge in [-0.15, -0.1) is 11.3 Å². The lowest BCUT2D eigenvalue weighted by molar-refractivity contribution is 0.0954. The van der Waals surface area contributed by atoms with Crippen molar-refractivity contribution in [3.05, 3.63) is 50.4 Å². The number of carbonyl (C=O) groups is 1. The summed E-state index contributed by atoms with van der Waals surface area (Å²) in [7, 11) is 0. The van der Waals surface area contributed by atoms with Gasteiger partial charge in [0.1, 0.15) is 0 Å². The fraction of sp³-hybridized carbons (Fsp3) is 0.412. The maximum absolute atomic E-state index is 11.9. The molecule has 0 radical (unpaired) electrons. The fourth-order valence-corrected chi connectivity index (χ4v) is 3.09. The summed E-state index contributed by atoms with van der Waals surface area (Å²) in [6.45, 7) is 8.53. The highest BCUT2D eigenvalue weighted by Gasteiger charge is 2.17. The Morgan fingerprint density at radius 3 is 2.52 bits per heavy atom. The standard InChI is InChI=1S/C17H22BrN3OS/c1-17(2,3)16-21-14(11-23-16)10-19-8-9-20-15(22)12-4-6-13(18)7-5-12/h4-7,11,19H,8-10H2,1-3H3,(H,20,22). The smallest absolute Gasteiger partial charge is 0.251 e. The number of aromatic nitrogens is 1. The summed E-state index contributed by atoms with van der Waals surface area (Å²) >= 11 is 5.06. The Labute approximate surface area is 149 Å². The molecule has 0 aliphatic rings. The molecule has 0 saturated carbocycles. The van der Waals surface area contributed by atoms with Crippen molar-refractivity contribution in [2.75, 3.05) is 13.1 Å². The molecule has 1 heterocycles. The predicted molar refractivity (Wildman–Crippen MR) is 99.0 cm³/mol. The quantitative estimate of drug-likeness (QED) is 0.732. The van der Waals surface area contributed by atoms with Gasteiger partial charge in [-0.3, -0.25) is 4.79 Å². The van der Waals surface area contributed by atoms with E-state index in [1.807, 2.05) is 12.1 Å². The van der Waals surface area contributed by atoms with Crippen LogP contribution in [0.2, 0.25) is 0 Å². The van der Waals surface area contributed by atoms with Gasteiger partial charge in [0, 0.05) is 40.5 Å². The molecule has 0 spiro atoms. The highest BCUT2D eigenvalue weighted by atomic mass is 79.9. The summed E-state index contributed by atoms with van der Waals surface area (Å²) in [6.07, 6.45) is 0. The predicted octanol–water partition coefficient (Wildman–Crippen LogP) is 3.72. The molecule has 2 rings (SSSR count). The van der Waals surface area contributed by atoms with Crippen LogP contribution in [-0.4, -0.2) is 24.0 Å². The van der Waals surface area contributed by atoms with Crippen LogP contribution >= 0.6 is 27.3 Å². The number of hydrogen-bond acceptors (Lipinski definition) is 4. The third-order valence-corrected chi connectivity index (χ3v) is 5.04. The number of carbonyl (C=O) groups excluding carboxylic acids is 1. The normalized spacial score (nSPS) is 11.5. The maximum Gasteiger partial charge on any atom is 0.251 e. The molecule has 0 bridgehead atoms. The molecule has 4 nitrogen and oxygen atoms in total. The Balaban J connectivity index is 1.68. The molecule has 6 heteroatoms. The van der Waals surface area contributed by atoms with Gasteiger partial charge in [-0.25, -0.2) is 4.98 Å². The first kappa shape index (κ1) is 18.1. The molecule has 0 unspecified atom stereocenters. The Morgan fingerprint density at radius 2 is 1.91 bits per heavy atom. The topological polar surface area (TPSA) is 54.0 Å². The van der Waals surface area contributed by atoms with Crippen LogP contribution in [0, 0.1) is 0 Å². The average molecular weight is 396 g/mol. The monoisotopic (exact) mass is 395 g/mol. The van der Waals surface area contributed by atoms with E-state index in [0.29, 0.717) is 18.7 Å². The molecule has 0 saturated heterocycles. The lowest BCUT2D eigenvalue weighted by Gasteiger charge is -2.13. The van der Waals surface area contributed by atoms with Crippen molar-refractivity contribution >= 4 is 33.2 Å². The van der Waals surface area contributed by atoms with Gasteiger partial charge in [-0.1, -0.05) is 36.7 Å². The van der Waals surface area contributed by atoms with E-state index in [0.717, 1.165) is 21.7 Å². The molecule has 2 N–H and O–H groups in total. The first-order chi connectivity index (χ1) is 10.9. The minimum atomic E-state index is -0.0528. The number of amides is 1. The number of benzene rings is 1. The molecule has 1 aromatic heterocycles. The van der Waals surface area contributed by atoms with Crippen molar-refractivity contribution in [1.82, 2.24) is 15.6 Å². The van der Waals surface area contributed by atoms with E-state index in [4.69, 9.17) is 0 Å². The van der Waals surface area contributed by atoms with Crippen LogP contribution in [-0.2, 0) is 12.0 Å². The van der Waals surface area contributed by atoms with Crippen LogP contribution < -0.4 is 10.6 Å². The van der Waals surface area contributed by atoms with E-state index in [-0.39, 0.29) is 11.3 Å². The second-order valence-electron chi connectivity index (χ2n) is 6.33. The summed E-state index contributed by atoms with van der Waals surface area (Å²) < 4.78 is 0.966. The number of halogens is 1. The average Bonchev–Trinajstić information content (AvgIpc) is 2.96. The molecule has 23 heavy (non-hydrogen) atoms. The van der Waals surface area contributed by atoms with Gasteiger partial charge in [0.05, 0.1) is 10.7 Å². The van der Waals surface area contributed by atoms with Crippen LogP contribution in [0.3, 0.4) is 0 Å². The Morgan fingerprint density at radius 1 is 1.22 bits per heavy atom. The zero-order valence-electron chi connectivity index (χ0n) is 13.6. The van der Waals surface area contributed by atoms with E-state index in [1.165, 1.54) is 0 Å². The molecule has 1 aromatic carbocycles. The van der Waals surface area contributed by atoms with E-state index >= 15 is 0 Å². The minimum Gasteiger partial charge on any atom is -0.351 e. The lowest BCUT2D eigenvalue weighted by atomic mass is 9.98. The Hall–Kier alpha value is -1.24. The van der Waals surface area contributed by atoms with Crippen molar-refractivity contribution in [1.29, 1.82) is 0 Å². The summed E-state index contributed by atoms with van der Waals surface area (Å²) in [6, 6.07) is 7.33. The number of nitrogens with one attached hydrogen (secondary N) is 2. The molecule has 0 aliphatic heterocycles. The van der Waals surface area contributed by atoms with Crippen LogP contribution in [0.25, 0.3) is 0 Å². The molecule has 124 valence electrons. The SMILES string of the molecule is CC(C)(C)c1nc(CNCCNC(=O)c2ccc(Br)cc2)cs1. The zero-order valence-corrected chi connectivity index (χ0v) is 16.1. The Bertz CT molecular complexity index is 647. The largest absolute Gasteiger partial charge is 0.351 e. The summed E-state index contributed by atoms with van der Waals surface area (Å²) in [4.78, 5) is 16.6. The number of rotatable bonds is 6. The first-order valence-electron chi connectivity index (χ1n) is 7.55. The summed E-state index contributed by atoms with van der Waals surface area (Å²) in [5.41, 5.74) is 1.82. The van der Waals surface area contributed by atoms with Crippen molar-refractivity contribution < 1.29 is 4.79 Å². The number of nitrogens with zero attached hydrogens (tertiary/aromatic N) is 1. The van der Waals surface area contributed by atoms with Crippen LogP contribution in [0.1, 0.15) is 41.8 Å². The van der Waals surface area contributed by atoms with Gasteiger partial charge in [0.2, 0.25) is 0 Å². The summed E-state index contributed by atoms with van der Waals surface area (Å²) in [5.74, 6) is -0.0528. The highest BCUT2D eigenvalue weighted by molar-refractivity contribution is 9.10. The van der Waals surface area contributed by atoms with Crippen molar-refractivity contribution in [2.24, 2.45) is 0 Å². The van der Waals surface area contributed by atoms with Crippen LogP contribution in [0.4, 0.5) is 0 Å². The maximum atomic E-state index is 11.9. The minimum absolute atomic E-state index is 0.0528. The molecular formula is C17H22BrN3OS. The van der Waals surface area contributed by atoms with E-state index in [2.05, 4.69) is 57.7 Å². The van der Waals surface area contributed by atoms with Crippen molar-refractivity contribution in [2.45, 2.75) is 32.7 Å². The lowest BCUT2D eigenvalue weighted by Crippen LogP contribution is -2.31. The molecule has 2 aromatic rings. The third kappa shape index (κ3) is 5.71. The van der Waals surface area contributed by atoms with E-state index in [1.54, 1.807) is 23.5 Å². The molecule has 1 amide bonds. The third-order valence-electron chi connectivity index (χ3n) is 3.19. The number of hydrogen-bond donors (Lipinski definition) is 2. The van der Waals surface area contributed by atoms with E-state index in [9.17, 15) is 4.79 Å². The van der Waals surface area contributed by atoms with Gasteiger partial charge < -0.3 is 10.6 Å². The molecule has 0 aliphatic carbocycles. The first-order valence-corrected chi connectivity index (χ1v) is 9.23. The second-order valence-corrected chi connectivity index (χ2v) is 8.11.